The maximum absolute atomic E-state index is 10.9. The molecule has 5 nitrogen and oxygen atoms in total. The molecule has 1 aromatic heterocycles. The molecule has 1 fully saturated rings. The predicted molar refractivity (Wildman–Crippen MR) is 78.4 cm³/mol. The number of benzene rings is 1. The van der Waals surface area contributed by atoms with Gasteiger partial charge in [-0.25, -0.2) is 4.79 Å². The zero-order chi connectivity index (χ0) is 14.7. The number of hydrogen-bond acceptors (Lipinski definition) is 4. The molecule has 0 radical (unpaired) electrons. The summed E-state index contributed by atoms with van der Waals surface area (Å²) in [6.07, 6.45) is 2.43. The monoisotopic (exact) mass is 289 g/mol. The minimum Gasteiger partial charge on any atom is -0.475 e. The van der Waals surface area contributed by atoms with Crippen molar-refractivity contribution in [3.05, 3.63) is 35.6 Å². The van der Waals surface area contributed by atoms with Crippen LogP contribution in [-0.4, -0.2) is 30.8 Å². The van der Waals surface area contributed by atoms with Crippen LogP contribution in [0, 0.1) is 5.92 Å². The highest BCUT2D eigenvalue weighted by Gasteiger charge is 2.13. The lowest BCUT2D eigenvalue weighted by Crippen LogP contribution is -2.32. The Balaban J connectivity index is 1.60. The molecule has 1 atom stereocenters. The molecule has 0 spiro atoms. The number of hydrogen-bond donors (Lipinski definition) is 2. The number of fused-ring (bicyclic) bond motifs is 1. The second-order valence-electron chi connectivity index (χ2n) is 5.52. The summed E-state index contributed by atoms with van der Waals surface area (Å²) in [7, 11) is 0. The summed E-state index contributed by atoms with van der Waals surface area (Å²) in [5, 5.41) is 13.1. The Kier molecular flexibility index (Phi) is 4.22. The molecule has 2 heterocycles. The quantitative estimate of drug-likeness (QED) is 0.885. The summed E-state index contributed by atoms with van der Waals surface area (Å²) < 4.78 is 11.0. The van der Waals surface area contributed by atoms with E-state index in [1.54, 1.807) is 12.1 Å². The number of carboxylic acids is 1. The average Bonchev–Trinajstić information content (AvgIpc) is 2.92. The third kappa shape index (κ3) is 3.43. The van der Waals surface area contributed by atoms with Gasteiger partial charge in [0, 0.05) is 11.9 Å². The van der Waals surface area contributed by atoms with E-state index in [4.69, 9.17) is 14.3 Å². The molecule has 1 unspecified atom stereocenters. The molecule has 3 rings (SSSR count). The number of furan rings is 1. The molecule has 0 amide bonds. The fourth-order valence-corrected chi connectivity index (χ4v) is 2.70. The summed E-state index contributed by atoms with van der Waals surface area (Å²) in [5.74, 6) is -0.486. The van der Waals surface area contributed by atoms with Gasteiger partial charge in [0.2, 0.25) is 5.76 Å². The normalized spacial score (nSPS) is 19.0. The minimum atomic E-state index is -1.05. The van der Waals surface area contributed by atoms with Crippen LogP contribution in [0.2, 0.25) is 0 Å². The van der Waals surface area contributed by atoms with Gasteiger partial charge in [-0.05, 0) is 49.1 Å². The van der Waals surface area contributed by atoms with Crippen LogP contribution in [0.1, 0.15) is 29.0 Å². The van der Waals surface area contributed by atoms with Crippen molar-refractivity contribution in [1.82, 2.24) is 5.32 Å². The van der Waals surface area contributed by atoms with Crippen LogP contribution in [0.3, 0.4) is 0 Å². The number of carbonyl (C=O) groups is 1. The van der Waals surface area contributed by atoms with Gasteiger partial charge >= 0.3 is 5.97 Å². The van der Waals surface area contributed by atoms with Crippen molar-refractivity contribution >= 4 is 16.9 Å². The third-order valence-corrected chi connectivity index (χ3v) is 3.81. The Bertz CT molecular complexity index is 628. The van der Waals surface area contributed by atoms with Gasteiger partial charge in [-0.1, -0.05) is 6.07 Å². The first-order valence-corrected chi connectivity index (χ1v) is 7.26. The topological polar surface area (TPSA) is 71.7 Å². The van der Waals surface area contributed by atoms with Gasteiger partial charge in [0.1, 0.15) is 5.58 Å². The van der Waals surface area contributed by atoms with Crippen molar-refractivity contribution in [3.63, 3.8) is 0 Å². The molecule has 1 aliphatic heterocycles. The first-order chi connectivity index (χ1) is 10.2. The molecular weight excluding hydrogens is 270 g/mol. The van der Waals surface area contributed by atoms with Crippen molar-refractivity contribution in [3.8, 4) is 0 Å². The number of nitrogens with one attached hydrogen (secondary N) is 1. The summed E-state index contributed by atoms with van der Waals surface area (Å²) in [6.45, 7) is 3.44. The number of piperidine rings is 1. The highest BCUT2D eigenvalue weighted by molar-refractivity contribution is 5.91. The summed E-state index contributed by atoms with van der Waals surface area (Å²) in [4.78, 5) is 10.9. The van der Waals surface area contributed by atoms with Gasteiger partial charge < -0.3 is 19.6 Å². The van der Waals surface area contributed by atoms with Crippen molar-refractivity contribution in [2.75, 3.05) is 19.7 Å². The van der Waals surface area contributed by atoms with Gasteiger partial charge in [-0.3, -0.25) is 0 Å². The Morgan fingerprint density at radius 2 is 2.33 bits per heavy atom. The second kappa shape index (κ2) is 6.28. The van der Waals surface area contributed by atoms with E-state index < -0.39 is 5.97 Å². The standard InChI is InChI=1S/C16H19NO4/c18-16(19)15-7-13-6-11(3-4-14(13)21-15)9-20-10-12-2-1-5-17-8-12/h3-4,6-7,12,17H,1-2,5,8-10H2,(H,18,19). The largest absolute Gasteiger partial charge is 0.475 e. The molecule has 5 heteroatoms. The zero-order valence-corrected chi connectivity index (χ0v) is 11.8. The lowest BCUT2D eigenvalue weighted by molar-refractivity contribution is 0.0665. The highest BCUT2D eigenvalue weighted by atomic mass is 16.5. The molecule has 2 N–H and O–H groups in total. The van der Waals surface area contributed by atoms with Crippen LogP contribution in [0.4, 0.5) is 0 Å². The summed E-state index contributed by atoms with van der Waals surface area (Å²) in [6, 6.07) is 7.18. The average molecular weight is 289 g/mol. The minimum absolute atomic E-state index is 0.0312. The zero-order valence-electron chi connectivity index (χ0n) is 11.8. The van der Waals surface area contributed by atoms with Gasteiger partial charge in [-0.15, -0.1) is 0 Å². The SMILES string of the molecule is O=C(O)c1cc2cc(COCC3CCCNC3)ccc2o1. The van der Waals surface area contributed by atoms with E-state index in [9.17, 15) is 4.79 Å². The molecule has 112 valence electrons. The van der Waals surface area contributed by atoms with E-state index in [2.05, 4.69) is 5.32 Å². The summed E-state index contributed by atoms with van der Waals surface area (Å²) >= 11 is 0. The highest BCUT2D eigenvalue weighted by Crippen LogP contribution is 2.21. The first-order valence-electron chi connectivity index (χ1n) is 7.26. The molecule has 1 saturated heterocycles. The molecular formula is C16H19NO4. The predicted octanol–water partition coefficient (Wildman–Crippen LogP) is 2.65. The van der Waals surface area contributed by atoms with Gasteiger partial charge in [0.05, 0.1) is 13.2 Å². The Hall–Kier alpha value is -1.85. The van der Waals surface area contributed by atoms with Crippen molar-refractivity contribution < 1.29 is 19.1 Å². The maximum atomic E-state index is 10.9. The smallest absolute Gasteiger partial charge is 0.371 e. The van der Waals surface area contributed by atoms with Crippen molar-refractivity contribution in [1.29, 1.82) is 0 Å². The van der Waals surface area contributed by atoms with E-state index in [1.807, 2.05) is 12.1 Å². The van der Waals surface area contributed by atoms with E-state index in [0.717, 1.165) is 30.6 Å². The van der Waals surface area contributed by atoms with E-state index in [-0.39, 0.29) is 5.76 Å². The summed E-state index contributed by atoms with van der Waals surface area (Å²) in [5.41, 5.74) is 1.62. The van der Waals surface area contributed by atoms with Crippen LogP contribution in [0.5, 0.6) is 0 Å². The van der Waals surface area contributed by atoms with Gasteiger partial charge in [0.25, 0.3) is 0 Å². The molecule has 1 aromatic carbocycles. The molecule has 0 bridgehead atoms. The second-order valence-corrected chi connectivity index (χ2v) is 5.52. The fourth-order valence-electron chi connectivity index (χ4n) is 2.70. The maximum Gasteiger partial charge on any atom is 0.371 e. The van der Waals surface area contributed by atoms with Crippen molar-refractivity contribution in [2.45, 2.75) is 19.4 Å². The van der Waals surface area contributed by atoms with Gasteiger partial charge in [-0.2, -0.15) is 0 Å². The van der Waals surface area contributed by atoms with Crippen LogP contribution in [0.15, 0.2) is 28.7 Å². The van der Waals surface area contributed by atoms with E-state index in [0.29, 0.717) is 18.1 Å². The number of aromatic carboxylic acids is 1. The van der Waals surface area contributed by atoms with Crippen LogP contribution < -0.4 is 5.32 Å². The molecule has 0 saturated carbocycles. The van der Waals surface area contributed by atoms with Crippen LogP contribution in [-0.2, 0) is 11.3 Å². The molecule has 2 aromatic rings. The fraction of sp³-hybridized carbons (Fsp3) is 0.438. The van der Waals surface area contributed by atoms with Gasteiger partial charge in [0.15, 0.2) is 0 Å². The Labute approximate surface area is 122 Å². The lowest BCUT2D eigenvalue weighted by Gasteiger charge is -2.22. The van der Waals surface area contributed by atoms with E-state index >= 15 is 0 Å². The number of carboxylic acid groups (broad SMARTS) is 1. The molecule has 1 aliphatic rings. The molecule has 21 heavy (non-hydrogen) atoms. The number of rotatable bonds is 5. The Morgan fingerprint density at radius 1 is 1.43 bits per heavy atom. The van der Waals surface area contributed by atoms with Crippen LogP contribution in [0.25, 0.3) is 11.0 Å². The lowest BCUT2D eigenvalue weighted by atomic mass is 10.0. The van der Waals surface area contributed by atoms with E-state index in [1.165, 1.54) is 12.8 Å². The first kappa shape index (κ1) is 14.1. The van der Waals surface area contributed by atoms with Crippen molar-refractivity contribution in [2.24, 2.45) is 5.92 Å². The Morgan fingerprint density at radius 3 is 3.10 bits per heavy atom. The number of ether oxygens (including phenoxy) is 1. The van der Waals surface area contributed by atoms with Crippen LogP contribution >= 0.6 is 0 Å². The third-order valence-electron chi connectivity index (χ3n) is 3.81. The molecule has 0 aliphatic carbocycles.